The van der Waals surface area contributed by atoms with Crippen LogP contribution in [0.2, 0.25) is 0 Å². The minimum Gasteiger partial charge on any atom is -0.465 e. The highest BCUT2D eigenvalue weighted by Gasteiger charge is 2.78. The number of esters is 2. The van der Waals surface area contributed by atoms with Gasteiger partial charge in [-0.3, -0.25) is 14.4 Å². The normalized spacial score (nSPS) is 41.9. The number of aliphatic hydroxyl groups excluding tert-OH is 1. The van der Waals surface area contributed by atoms with Crippen molar-refractivity contribution in [1.29, 1.82) is 0 Å². The van der Waals surface area contributed by atoms with Crippen molar-refractivity contribution >= 4 is 17.7 Å². The molecule has 202 valence electrons. The zero-order valence-corrected chi connectivity index (χ0v) is 22.5. The van der Waals surface area contributed by atoms with Crippen LogP contribution in [0, 0.1) is 39.9 Å². The summed E-state index contributed by atoms with van der Waals surface area (Å²) in [4.78, 5) is 39.4. The number of fused-ring (bicyclic) bond motifs is 3. The topological polar surface area (TPSA) is 125 Å². The van der Waals surface area contributed by atoms with Crippen LogP contribution in [0.1, 0.15) is 66.7 Å². The molecule has 2 bridgehead atoms. The lowest BCUT2D eigenvalue weighted by Gasteiger charge is -2.67. The van der Waals surface area contributed by atoms with E-state index < -0.39 is 59.0 Å². The summed E-state index contributed by atoms with van der Waals surface area (Å²) in [5.74, 6) is -2.41. The van der Waals surface area contributed by atoms with Gasteiger partial charge in [-0.05, 0) is 48.5 Å². The maximum atomic E-state index is 14.2. The number of aliphatic hydroxyl groups is 1. The van der Waals surface area contributed by atoms with E-state index in [4.69, 9.17) is 19.9 Å². The molecule has 4 fully saturated rings. The third-order valence-corrected chi connectivity index (χ3v) is 10.1. The van der Waals surface area contributed by atoms with Gasteiger partial charge in [-0.1, -0.05) is 40.7 Å². The maximum absolute atomic E-state index is 14.2. The van der Waals surface area contributed by atoms with Crippen molar-refractivity contribution in [3.8, 4) is 0 Å². The minimum atomic E-state index is -1.31. The fourth-order valence-electron chi connectivity index (χ4n) is 8.56. The number of carbonyl (C=O) groups is 3. The van der Waals surface area contributed by atoms with Crippen molar-refractivity contribution in [2.75, 3.05) is 13.7 Å². The van der Waals surface area contributed by atoms with Gasteiger partial charge in [-0.15, -0.1) is 0 Å². The van der Waals surface area contributed by atoms with E-state index in [1.54, 1.807) is 7.11 Å². The molecule has 36 heavy (non-hydrogen) atoms. The largest absolute Gasteiger partial charge is 0.465 e. The van der Waals surface area contributed by atoms with Crippen molar-refractivity contribution in [2.45, 2.75) is 91.1 Å². The van der Waals surface area contributed by atoms with E-state index in [9.17, 15) is 19.5 Å². The Labute approximate surface area is 214 Å². The third-order valence-electron chi connectivity index (χ3n) is 10.1. The lowest BCUT2D eigenvalue weighted by molar-refractivity contribution is -0.272. The van der Waals surface area contributed by atoms with Crippen LogP contribution in [0.15, 0.2) is 12.2 Å². The number of carbonyl (C=O) groups excluding carboxylic acids is 3. The van der Waals surface area contributed by atoms with E-state index in [2.05, 4.69) is 20.4 Å². The third kappa shape index (κ3) is 3.70. The molecule has 0 aromatic heterocycles. The Bertz CT molecular complexity index is 944. The molecular weight excluding hydrogens is 462 g/mol. The fourth-order valence-corrected chi connectivity index (χ4v) is 8.56. The Kier molecular flexibility index (Phi) is 6.97. The summed E-state index contributed by atoms with van der Waals surface area (Å²) in [6.45, 7) is 13.7. The van der Waals surface area contributed by atoms with E-state index >= 15 is 0 Å². The second-order valence-corrected chi connectivity index (χ2v) is 12.7. The van der Waals surface area contributed by atoms with Gasteiger partial charge in [0.15, 0.2) is 5.78 Å². The predicted octanol–water partition coefficient (Wildman–Crippen LogP) is 2.80. The first-order valence-electron chi connectivity index (χ1n) is 13.3. The number of hydrogen-bond acceptors (Lipinski definition) is 8. The van der Waals surface area contributed by atoms with Crippen LogP contribution < -0.4 is 5.73 Å². The highest BCUT2D eigenvalue weighted by molar-refractivity contribution is 6.05. The first kappa shape index (κ1) is 27.3. The molecule has 4 aliphatic carbocycles. The second-order valence-electron chi connectivity index (χ2n) is 12.7. The lowest BCUT2D eigenvalue weighted by atomic mass is 9.39. The standard InChI is InChI=1S/C28H43NO7/c1-14(2)21(29)25(33)36-24-17-11-18(31)22-27(13-35-16(4)30)10-8-9-26(5,6)19(27)12-20(34-7)28(22,24)23(32)15(17)3/h14,17-22,24,31H,3,8-13,29H2,1-2,4-7H3/t17-,18-,19+,20+,21-,22-,24+,27-,28+/m0/s1. The maximum Gasteiger partial charge on any atom is 0.323 e. The Morgan fingerprint density at radius 3 is 2.47 bits per heavy atom. The lowest BCUT2D eigenvalue weighted by Crippen LogP contribution is -2.72. The Morgan fingerprint density at radius 1 is 1.22 bits per heavy atom. The molecule has 4 aliphatic rings. The summed E-state index contributed by atoms with van der Waals surface area (Å²) in [6.07, 6.45) is 1.05. The van der Waals surface area contributed by atoms with Crippen LogP contribution in [0.25, 0.3) is 0 Å². The van der Waals surface area contributed by atoms with Crippen LogP contribution in [0.4, 0.5) is 0 Å². The molecule has 0 aliphatic heterocycles. The van der Waals surface area contributed by atoms with Gasteiger partial charge in [0.05, 0.1) is 18.8 Å². The Balaban J connectivity index is 1.92. The monoisotopic (exact) mass is 505 g/mol. The van der Waals surface area contributed by atoms with Gasteiger partial charge in [-0.2, -0.15) is 0 Å². The first-order chi connectivity index (χ1) is 16.8. The molecule has 3 N–H and O–H groups in total. The highest BCUT2D eigenvalue weighted by atomic mass is 16.6. The summed E-state index contributed by atoms with van der Waals surface area (Å²) in [6, 6.07) is -0.838. The molecule has 0 unspecified atom stereocenters. The van der Waals surface area contributed by atoms with Crippen LogP contribution >= 0.6 is 0 Å². The summed E-state index contributed by atoms with van der Waals surface area (Å²) in [5, 5.41) is 11.8. The molecular formula is C28H43NO7. The molecule has 1 spiro atoms. The molecule has 0 heterocycles. The first-order valence-corrected chi connectivity index (χ1v) is 13.3. The van der Waals surface area contributed by atoms with Gasteiger partial charge in [-0.25, -0.2) is 0 Å². The van der Waals surface area contributed by atoms with E-state index in [1.165, 1.54) is 6.92 Å². The van der Waals surface area contributed by atoms with Gasteiger partial charge in [0.1, 0.15) is 17.6 Å². The molecule has 0 radical (unpaired) electrons. The number of ketones is 1. The summed E-state index contributed by atoms with van der Waals surface area (Å²) in [5.41, 5.74) is 4.40. The van der Waals surface area contributed by atoms with E-state index in [-0.39, 0.29) is 36.1 Å². The van der Waals surface area contributed by atoms with Crippen LogP contribution in [-0.4, -0.2) is 60.9 Å². The summed E-state index contributed by atoms with van der Waals surface area (Å²) >= 11 is 0. The molecule has 8 heteroatoms. The van der Waals surface area contributed by atoms with Gasteiger partial charge in [0.2, 0.25) is 0 Å². The van der Waals surface area contributed by atoms with Crippen molar-refractivity contribution in [2.24, 2.45) is 45.7 Å². The Morgan fingerprint density at radius 2 is 1.89 bits per heavy atom. The number of hydrogen-bond donors (Lipinski definition) is 2. The smallest absolute Gasteiger partial charge is 0.323 e. The van der Waals surface area contributed by atoms with Crippen molar-refractivity contribution in [3.63, 3.8) is 0 Å². The van der Waals surface area contributed by atoms with Gasteiger partial charge in [0.25, 0.3) is 0 Å². The number of Topliss-reactive ketones (excluding diaryl/α,β-unsaturated/α-hetero) is 1. The fraction of sp³-hybridized carbons (Fsp3) is 0.821. The molecule has 4 saturated carbocycles. The van der Waals surface area contributed by atoms with E-state index in [1.807, 2.05) is 13.8 Å². The minimum absolute atomic E-state index is 0.0285. The van der Waals surface area contributed by atoms with Gasteiger partial charge in [0, 0.05) is 31.3 Å². The van der Waals surface area contributed by atoms with Crippen LogP contribution in [0.3, 0.4) is 0 Å². The van der Waals surface area contributed by atoms with Crippen LogP contribution in [-0.2, 0) is 28.6 Å². The van der Waals surface area contributed by atoms with Crippen molar-refractivity contribution in [3.05, 3.63) is 12.2 Å². The Hall–Kier alpha value is -1.77. The van der Waals surface area contributed by atoms with E-state index in [0.717, 1.165) is 12.8 Å². The van der Waals surface area contributed by atoms with Gasteiger partial charge < -0.3 is 25.1 Å². The molecule has 4 rings (SSSR count). The number of rotatable bonds is 6. The van der Waals surface area contributed by atoms with Gasteiger partial charge >= 0.3 is 11.9 Å². The molecule has 0 amide bonds. The average molecular weight is 506 g/mol. The number of methoxy groups -OCH3 is 1. The molecule has 8 nitrogen and oxygen atoms in total. The van der Waals surface area contributed by atoms with Crippen molar-refractivity contribution < 1.29 is 33.7 Å². The van der Waals surface area contributed by atoms with Crippen LogP contribution in [0.5, 0.6) is 0 Å². The summed E-state index contributed by atoms with van der Waals surface area (Å²) in [7, 11) is 1.58. The summed E-state index contributed by atoms with van der Waals surface area (Å²) < 4.78 is 17.9. The molecule has 0 aromatic carbocycles. The SMILES string of the molecule is C=C1C(=O)[C@]23[C@H](OC(=O)[C@@H](N)C(C)C)[C@H]1C[C@H](O)[C@H]2[C@]1(COC(C)=O)CCCC(C)(C)[C@H]1C[C@H]3OC. The predicted molar refractivity (Wildman–Crippen MR) is 132 cm³/mol. The molecule has 9 atom stereocenters. The van der Waals surface area contributed by atoms with E-state index in [0.29, 0.717) is 18.4 Å². The number of nitrogens with two attached hydrogens (primary N) is 1. The molecule has 0 aromatic rings. The second kappa shape index (κ2) is 9.21. The quantitative estimate of drug-likeness (QED) is 0.417. The number of ether oxygens (including phenoxy) is 3. The zero-order valence-electron chi connectivity index (χ0n) is 22.5. The highest BCUT2D eigenvalue weighted by Crippen LogP contribution is 2.72. The average Bonchev–Trinajstić information content (AvgIpc) is 2.93. The molecule has 0 saturated heterocycles. The van der Waals surface area contributed by atoms with Crippen molar-refractivity contribution in [1.82, 2.24) is 0 Å². The zero-order chi connectivity index (χ0) is 26.8.